The minimum atomic E-state index is 0.276. The number of allylic oxidation sites excluding steroid dienone is 4. The summed E-state index contributed by atoms with van der Waals surface area (Å²) in [5.41, 5.74) is 0. The van der Waals surface area contributed by atoms with Crippen molar-refractivity contribution < 1.29 is 4.52 Å². The number of aryl methyl sites for hydroxylation is 1. The van der Waals surface area contributed by atoms with E-state index in [-0.39, 0.29) is 5.92 Å². The van der Waals surface area contributed by atoms with Gasteiger partial charge < -0.3 is 4.52 Å². The summed E-state index contributed by atoms with van der Waals surface area (Å²) in [6, 6.07) is 0. The van der Waals surface area contributed by atoms with E-state index in [1.54, 1.807) is 0 Å². The van der Waals surface area contributed by atoms with Crippen LogP contribution in [0.3, 0.4) is 0 Å². The van der Waals surface area contributed by atoms with Crippen molar-refractivity contribution >= 4 is 0 Å². The third kappa shape index (κ3) is 1.69. The summed E-state index contributed by atoms with van der Waals surface area (Å²) in [6.45, 7) is 2.02. The van der Waals surface area contributed by atoms with Gasteiger partial charge >= 0.3 is 0 Å². The second-order valence-electron chi connectivity index (χ2n) is 3.06. The number of aromatic nitrogens is 2. The van der Waals surface area contributed by atoms with Crippen LogP contribution < -0.4 is 0 Å². The van der Waals surface area contributed by atoms with Crippen LogP contribution in [-0.2, 0) is 6.42 Å². The van der Waals surface area contributed by atoms with Gasteiger partial charge in [-0.3, -0.25) is 0 Å². The van der Waals surface area contributed by atoms with Crippen LogP contribution in [0.15, 0.2) is 28.8 Å². The third-order valence-corrected chi connectivity index (χ3v) is 2.10. The summed E-state index contributed by atoms with van der Waals surface area (Å²) in [5.74, 6) is 1.80. The molecular weight excluding hydrogens is 164 g/mol. The molecule has 1 aliphatic carbocycles. The van der Waals surface area contributed by atoms with E-state index in [0.29, 0.717) is 0 Å². The lowest BCUT2D eigenvalue weighted by molar-refractivity contribution is 0.363. The Labute approximate surface area is 77.2 Å². The molecule has 2 rings (SSSR count). The van der Waals surface area contributed by atoms with Crippen molar-refractivity contribution in [3.8, 4) is 0 Å². The predicted octanol–water partition coefficient (Wildman–Crippen LogP) is 2.23. The van der Waals surface area contributed by atoms with Gasteiger partial charge in [0.05, 0.1) is 5.92 Å². The van der Waals surface area contributed by atoms with E-state index in [1.165, 1.54) is 0 Å². The molecule has 3 nitrogen and oxygen atoms in total. The highest BCUT2D eigenvalue weighted by molar-refractivity contribution is 5.18. The smallest absolute Gasteiger partial charge is 0.233 e. The van der Waals surface area contributed by atoms with Crippen molar-refractivity contribution in [1.29, 1.82) is 0 Å². The Balaban J connectivity index is 2.16. The van der Waals surface area contributed by atoms with Crippen molar-refractivity contribution in [2.45, 2.75) is 25.7 Å². The summed E-state index contributed by atoms with van der Waals surface area (Å²) in [5, 5.41) is 3.87. The van der Waals surface area contributed by atoms with Crippen molar-refractivity contribution in [2.75, 3.05) is 0 Å². The van der Waals surface area contributed by atoms with Crippen molar-refractivity contribution in [1.82, 2.24) is 10.1 Å². The third-order valence-electron chi connectivity index (χ3n) is 2.10. The molecule has 1 aliphatic rings. The van der Waals surface area contributed by atoms with Gasteiger partial charge in [0.25, 0.3) is 0 Å². The largest absolute Gasteiger partial charge is 0.339 e. The maximum atomic E-state index is 5.15. The molecule has 68 valence electrons. The van der Waals surface area contributed by atoms with Gasteiger partial charge in [-0.2, -0.15) is 4.98 Å². The minimum absolute atomic E-state index is 0.276. The first kappa shape index (κ1) is 8.23. The zero-order valence-electron chi connectivity index (χ0n) is 7.60. The molecule has 1 unspecified atom stereocenters. The zero-order valence-corrected chi connectivity index (χ0v) is 7.60. The molecule has 0 N–H and O–H groups in total. The molecule has 0 saturated heterocycles. The minimum Gasteiger partial charge on any atom is -0.339 e. The molecule has 1 aromatic heterocycles. The normalized spacial score (nSPS) is 20.8. The maximum absolute atomic E-state index is 5.15. The van der Waals surface area contributed by atoms with Gasteiger partial charge in [-0.05, 0) is 6.42 Å². The molecule has 0 aromatic carbocycles. The lowest BCUT2D eigenvalue weighted by Gasteiger charge is -2.05. The van der Waals surface area contributed by atoms with Crippen LogP contribution in [-0.4, -0.2) is 10.1 Å². The first-order valence-corrected chi connectivity index (χ1v) is 4.56. The molecule has 0 saturated carbocycles. The average molecular weight is 176 g/mol. The lowest BCUT2D eigenvalue weighted by atomic mass is 10.0. The van der Waals surface area contributed by atoms with E-state index in [2.05, 4.69) is 22.3 Å². The van der Waals surface area contributed by atoms with Crippen molar-refractivity contribution in [2.24, 2.45) is 0 Å². The second-order valence-corrected chi connectivity index (χ2v) is 3.06. The first-order chi connectivity index (χ1) is 6.40. The standard InChI is InChI=1S/C10H12N2O/c1-2-9-11-10(13-12-9)8-6-4-3-5-7-8/h3-6,8H,2,7H2,1H3. The Morgan fingerprint density at radius 3 is 3.08 bits per heavy atom. The SMILES string of the molecule is CCc1noc(C2C=CC=CC2)n1. The summed E-state index contributed by atoms with van der Waals surface area (Å²) >= 11 is 0. The summed E-state index contributed by atoms with van der Waals surface area (Å²) in [7, 11) is 0. The quantitative estimate of drug-likeness (QED) is 0.693. The molecule has 3 heteroatoms. The van der Waals surface area contributed by atoms with Crippen LogP contribution in [0.5, 0.6) is 0 Å². The Morgan fingerprint density at radius 1 is 1.54 bits per heavy atom. The highest BCUT2D eigenvalue weighted by Crippen LogP contribution is 2.22. The molecule has 0 bridgehead atoms. The second kappa shape index (κ2) is 3.56. The molecule has 1 heterocycles. The molecular formula is C10H12N2O. The van der Waals surface area contributed by atoms with E-state index < -0.39 is 0 Å². The Kier molecular flexibility index (Phi) is 2.25. The van der Waals surface area contributed by atoms with Gasteiger partial charge in [-0.1, -0.05) is 36.4 Å². The average Bonchev–Trinajstić information content (AvgIpc) is 2.67. The molecule has 0 radical (unpaired) electrons. The van der Waals surface area contributed by atoms with Gasteiger partial charge in [-0.15, -0.1) is 0 Å². The number of hydrogen-bond donors (Lipinski definition) is 0. The fraction of sp³-hybridized carbons (Fsp3) is 0.400. The van der Waals surface area contributed by atoms with E-state index in [1.807, 2.05) is 19.1 Å². The maximum Gasteiger partial charge on any atom is 0.233 e. The van der Waals surface area contributed by atoms with E-state index >= 15 is 0 Å². The highest BCUT2D eigenvalue weighted by Gasteiger charge is 2.15. The van der Waals surface area contributed by atoms with Crippen molar-refractivity contribution in [3.05, 3.63) is 36.0 Å². The Bertz CT molecular complexity index is 338. The lowest BCUT2D eigenvalue weighted by Crippen LogP contribution is -1.96. The van der Waals surface area contributed by atoms with Crippen LogP contribution in [0.2, 0.25) is 0 Å². The molecule has 1 aromatic rings. The van der Waals surface area contributed by atoms with Crippen LogP contribution in [0.25, 0.3) is 0 Å². The molecule has 13 heavy (non-hydrogen) atoms. The summed E-state index contributed by atoms with van der Waals surface area (Å²) in [6.07, 6.45) is 10.0. The predicted molar refractivity (Wildman–Crippen MR) is 49.3 cm³/mol. The number of rotatable bonds is 2. The Hall–Kier alpha value is -1.38. The van der Waals surface area contributed by atoms with Gasteiger partial charge in [0.15, 0.2) is 5.82 Å². The van der Waals surface area contributed by atoms with Crippen LogP contribution >= 0.6 is 0 Å². The van der Waals surface area contributed by atoms with Crippen LogP contribution in [0.4, 0.5) is 0 Å². The molecule has 0 fully saturated rings. The zero-order chi connectivity index (χ0) is 9.10. The monoisotopic (exact) mass is 176 g/mol. The van der Waals surface area contributed by atoms with Crippen LogP contribution in [0, 0.1) is 0 Å². The summed E-state index contributed by atoms with van der Waals surface area (Å²) in [4.78, 5) is 4.29. The fourth-order valence-corrected chi connectivity index (χ4v) is 1.33. The van der Waals surface area contributed by atoms with Gasteiger partial charge in [0.2, 0.25) is 5.89 Å². The fourth-order valence-electron chi connectivity index (χ4n) is 1.33. The first-order valence-electron chi connectivity index (χ1n) is 4.56. The van der Waals surface area contributed by atoms with Gasteiger partial charge in [0.1, 0.15) is 0 Å². The molecule has 0 aliphatic heterocycles. The molecule has 0 amide bonds. The topological polar surface area (TPSA) is 38.9 Å². The van der Waals surface area contributed by atoms with Crippen LogP contribution in [0.1, 0.15) is 31.0 Å². The van der Waals surface area contributed by atoms with Gasteiger partial charge in [-0.25, -0.2) is 0 Å². The number of nitrogens with zero attached hydrogens (tertiary/aromatic N) is 2. The van der Waals surface area contributed by atoms with Crippen molar-refractivity contribution in [3.63, 3.8) is 0 Å². The van der Waals surface area contributed by atoms with E-state index in [4.69, 9.17) is 4.52 Å². The summed E-state index contributed by atoms with van der Waals surface area (Å²) < 4.78 is 5.15. The highest BCUT2D eigenvalue weighted by atomic mass is 16.5. The van der Waals surface area contributed by atoms with E-state index in [0.717, 1.165) is 24.6 Å². The Morgan fingerprint density at radius 2 is 2.46 bits per heavy atom. The van der Waals surface area contributed by atoms with E-state index in [9.17, 15) is 0 Å². The molecule has 1 atom stereocenters. The molecule has 0 spiro atoms. The number of hydrogen-bond acceptors (Lipinski definition) is 3. The van der Waals surface area contributed by atoms with Gasteiger partial charge in [0, 0.05) is 6.42 Å².